The largest absolute Gasteiger partial charge is 0.393 e. The van der Waals surface area contributed by atoms with Gasteiger partial charge in [0, 0.05) is 32.7 Å². The summed E-state index contributed by atoms with van der Waals surface area (Å²) in [7, 11) is -3.67. The van der Waals surface area contributed by atoms with Gasteiger partial charge in [0.25, 0.3) is 10.1 Å². The van der Waals surface area contributed by atoms with Gasteiger partial charge in [0.2, 0.25) is 0 Å². The van der Waals surface area contributed by atoms with Crippen LogP contribution in [0, 0.1) is 0 Å². The Morgan fingerprint density at radius 2 is 1.83 bits per heavy atom. The van der Waals surface area contributed by atoms with E-state index in [0.717, 1.165) is 51.9 Å². The topological polar surface area (TPSA) is 87.1 Å². The van der Waals surface area contributed by atoms with Crippen molar-refractivity contribution in [1.29, 1.82) is 0 Å². The summed E-state index contributed by atoms with van der Waals surface area (Å²) in [5.74, 6) is 0. The van der Waals surface area contributed by atoms with E-state index in [-0.39, 0.29) is 11.7 Å². The van der Waals surface area contributed by atoms with E-state index in [1.54, 1.807) is 0 Å². The fourth-order valence-corrected chi connectivity index (χ4v) is 3.31. The zero-order valence-corrected chi connectivity index (χ0v) is 14.9. The van der Waals surface area contributed by atoms with Gasteiger partial charge in [0.15, 0.2) is 0 Å². The molecule has 3 rings (SSSR count). The van der Waals surface area contributed by atoms with E-state index < -0.39 is 10.1 Å². The molecule has 2 aliphatic heterocycles. The summed E-state index contributed by atoms with van der Waals surface area (Å²) in [6.45, 7) is 3.89. The molecule has 1 aromatic carbocycles. The third-order valence-electron chi connectivity index (χ3n) is 4.48. The minimum absolute atomic E-state index is 0.0369. The molecule has 0 aliphatic carbocycles. The second-order valence-electron chi connectivity index (χ2n) is 6.67. The summed E-state index contributed by atoms with van der Waals surface area (Å²) in [6, 6.07) is 10.6. The number of hydrogen-bond acceptors (Lipinski definition) is 5. The van der Waals surface area contributed by atoms with Gasteiger partial charge in [-0.25, -0.2) is 0 Å². The van der Waals surface area contributed by atoms with Crippen molar-refractivity contribution in [2.75, 3.05) is 26.0 Å². The van der Waals surface area contributed by atoms with E-state index in [1.807, 2.05) is 0 Å². The molecule has 1 aromatic rings. The quantitative estimate of drug-likeness (QED) is 0.784. The number of piperidine rings is 1. The monoisotopic (exact) mass is 357 g/mol. The molecule has 1 unspecified atom stereocenters. The Morgan fingerprint density at radius 3 is 2.38 bits per heavy atom. The molecule has 2 aliphatic rings. The third-order valence-corrected chi connectivity index (χ3v) is 4.48. The van der Waals surface area contributed by atoms with Crippen LogP contribution in [0.25, 0.3) is 0 Å². The average Bonchev–Trinajstić information content (AvgIpc) is 2.49. The van der Waals surface area contributed by atoms with Gasteiger partial charge in [-0.1, -0.05) is 30.3 Å². The second-order valence-corrected chi connectivity index (χ2v) is 8.14. The molecule has 2 saturated heterocycles. The van der Waals surface area contributed by atoms with Crippen LogP contribution >= 0.6 is 0 Å². The Hall–Kier alpha value is -0.990. The second kappa shape index (κ2) is 8.40. The first-order valence-electron chi connectivity index (χ1n) is 8.27. The summed E-state index contributed by atoms with van der Waals surface area (Å²) in [5, 5.41) is 9.83. The molecule has 0 amide bonds. The maximum absolute atomic E-state index is 9.83. The Balaban J connectivity index is 0.000000368. The van der Waals surface area contributed by atoms with Gasteiger partial charge in [-0.05, 0) is 24.8 Å². The fraction of sp³-hybridized carbons (Fsp3) is 0.647. The molecule has 7 heteroatoms. The van der Waals surface area contributed by atoms with Crippen LogP contribution in [0.15, 0.2) is 30.3 Å². The summed E-state index contributed by atoms with van der Waals surface area (Å²) >= 11 is 0. The highest BCUT2D eigenvalue weighted by atomic mass is 32.2. The third kappa shape index (κ3) is 6.86. The van der Waals surface area contributed by atoms with E-state index >= 15 is 0 Å². The minimum Gasteiger partial charge on any atom is -0.393 e. The van der Waals surface area contributed by atoms with E-state index in [4.69, 9.17) is 9.29 Å². The maximum atomic E-state index is 9.83. The van der Waals surface area contributed by atoms with Gasteiger partial charge in [-0.3, -0.25) is 9.45 Å². The summed E-state index contributed by atoms with van der Waals surface area (Å²) < 4.78 is 31.9. The van der Waals surface area contributed by atoms with Crippen LogP contribution in [0.5, 0.6) is 0 Å². The maximum Gasteiger partial charge on any atom is 0.261 e. The Labute approximate surface area is 144 Å². The summed E-state index contributed by atoms with van der Waals surface area (Å²) in [6.07, 6.45) is 4.29. The highest BCUT2D eigenvalue weighted by Gasteiger charge is 2.39. The van der Waals surface area contributed by atoms with Gasteiger partial charge >= 0.3 is 0 Å². The van der Waals surface area contributed by atoms with Crippen molar-refractivity contribution in [3.63, 3.8) is 0 Å². The van der Waals surface area contributed by atoms with Gasteiger partial charge in [-0.2, -0.15) is 8.42 Å². The fourth-order valence-electron chi connectivity index (χ4n) is 3.31. The first-order chi connectivity index (χ1) is 11.3. The molecular weight excluding hydrogens is 330 g/mol. The highest BCUT2D eigenvalue weighted by Crippen LogP contribution is 2.35. The lowest BCUT2D eigenvalue weighted by Gasteiger charge is -2.45. The average molecular weight is 357 g/mol. The van der Waals surface area contributed by atoms with Gasteiger partial charge < -0.3 is 9.84 Å². The first kappa shape index (κ1) is 19.3. The van der Waals surface area contributed by atoms with Crippen molar-refractivity contribution >= 4 is 10.1 Å². The molecule has 2 N–H and O–H groups in total. The lowest BCUT2D eigenvalue weighted by molar-refractivity contribution is -0.143. The predicted molar refractivity (Wildman–Crippen MR) is 92.3 cm³/mol. The number of nitrogens with zero attached hydrogens (tertiary/aromatic N) is 1. The molecule has 2 heterocycles. The van der Waals surface area contributed by atoms with Gasteiger partial charge in [0.05, 0.1) is 18.0 Å². The SMILES string of the molecule is CS(=O)(=O)O.OC1CCOC2(CCN(Cc3ccccc3)CC2)C1. The molecule has 136 valence electrons. The standard InChI is InChI=1S/C16H23NO2.CH4O3S/c18-15-6-11-19-16(12-15)7-9-17(10-8-16)13-14-4-2-1-3-5-14;1-5(2,3)4/h1-5,15,18H,6-13H2;1H3,(H,2,3,4). The molecule has 0 aromatic heterocycles. The molecule has 2 fully saturated rings. The molecule has 24 heavy (non-hydrogen) atoms. The smallest absolute Gasteiger partial charge is 0.261 e. The van der Waals surface area contributed by atoms with Crippen LogP contribution in [0.3, 0.4) is 0 Å². The van der Waals surface area contributed by atoms with Crippen LogP contribution in [-0.4, -0.2) is 60.6 Å². The lowest BCUT2D eigenvalue weighted by Crippen LogP contribution is -2.50. The van der Waals surface area contributed by atoms with Crippen LogP contribution in [0.1, 0.15) is 31.2 Å². The Bertz CT molecular complexity index is 589. The molecule has 1 atom stereocenters. The van der Waals surface area contributed by atoms with Crippen molar-refractivity contribution in [3.05, 3.63) is 35.9 Å². The number of hydrogen-bond donors (Lipinski definition) is 2. The molecular formula is C17H27NO5S. The van der Waals surface area contributed by atoms with Gasteiger partial charge in [0.1, 0.15) is 0 Å². The Kier molecular flexibility index (Phi) is 6.77. The van der Waals surface area contributed by atoms with Crippen LogP contribution < -0.4 is 0 Å². The molecule has 0 radical (unpaired) electrons. The van der Waals surface area contributed by atoms with Crippen molar-refractivity contribution < 1.29 is 22.8 Å². The van der Waals surface area contributed by atoms with Crippen molar-refractivity contribution in [2.24, 2.45) is 0 Å². The predicted octanol–water partition coefficient (Wildman–Crippen LogP) is 1.70. The van der Waals surface area contributed by atoms with Crippen molar-refractivity contribution in [2.45, 2.75) is 43.9 Å². The van der Waals surface area contributed by atoms with Crippen LogP contribution in [-0.2, 0) is 21.4 Å². The van der Waals surface area contributed by atoms with Crippen LogP contribution in [0.4, 0.5) is 0 Å². The van der Waals surface area contributed by atoms with Crippen molar-refractivity contribution in [3.8, 4) is 0 Å². The number of aliphatic hydroxyl groups is 1. The molecule has 1 spiro atoms. The molecule has 0 bridgehead atoms. The lowest BCUT2D eigenvalue weighted by atomic mass is 9.83. The zero-order valence-electron chi connectivity index (χ0n) is 14.1. The number of ether oxygens (including phenoxy) is 1. The molecule has 6 nitrogen and oxygen atoms in total. The Morgan fingerprint density at radius 1 is 1.25 bits per heavy atom. The summed E-state index contributed by atoms with van der Waals surface area (Å²) in [4.78, 5) is 2.49. The van der Waals surface area contributed by atoms with Crippen molar-refractivity contribution in [1.82, 2.24) is 4.90 Å². The highest BCUT2D eigenvalue weighted by molar-refractivity contribution is 7.85. The van der Waals surface area contributed by atoms with Crippen LogP contribution in [0.2, 0.25) is 0 Å². The molecule has 0 saturated carbocycles. The number of benzene rings is 1. The number of aliphatic hydroxyl groups excluding tert-OH is 1. The van der Waals surface area contributed by atoms with E-state index in [9.17, 15) is 13.5 Å². The minimum atomic E-state index is -3.67. The van der Waals surface area contributed by atoms with Gasteiger partial charge in [-0.15, -0.1) is 0 Å². The van der Waals surface area contributed by atoms with E-state index in [1.165, 1.54) is 5.56 Å². The zero-order chi connectivity index (χ0) is 17.6. The summed E-state index contributed by atoms with van der Waals surface area (Å²) in [5.41, 5.74) is 1.34. The van der Waals surface area contributed by atoms with E-state index in [2.05, 4.69) is 35.2 Å². The van der Waals surface area contributed by atoms with E-state index in [0.29, 0.717) is 6.26 Å². The normalized spacial score (nSPS) is 24.2. The number of rotatable bonds is 2. The first-order valence-corrected chi connectivity index (χ1v) is 10.1. The number of likely N-dealkylation sites (tertiary alicyclic amines) is 1.